The first kappa shape index (κ1) is 29.7. The SMILES string of the molecule is C=C(C)[C@@H]1CC[C@]2(C(=O)O)CC[C@]3(C)[C@H](CC[C@@H]4[C@@]5(C)CC=C(c6ccc(C(=O)O)cc6C)C(C)(C)[C@@H]5CC[C@]43C)[C@@H]12. The van der Waals surface area contributed by atoms with Gasteiger partial charge in [0.05, 0.1) is 11.0 Å². The number of rotatable bonds is 4. The molecule has 0 bridgehead atoms. The van der Waals surface area contributed by atoms with Crippen molar-refractivity contribution >= 4 is 17.5 Å². The molecule has 4 nitrogen and oxygen atoms in total. The molecule has 0 saturated heterocycles. The van der Waals surface area contributed by atoms with Crippen molar-refractivity contribution in [3.8, 4) is 0 Å². The maximum Gasteiger partial charge on any atom is 0.335 e. The number of carbonyl (C=O) groups is 2. The molecule has 4 fully saturated rings. The van der Waals surface area contributed by atoms with Crippen LogP contribution in [0.15, 0.2) is 36.4 Å². The van der Waals surface area contributed by atoms with Gasteiger partial charge >= 0.3 is 11.9 Å². The molecule has 1 aromatic rings. The van der Waals surface area contributed by atoms with Gasteiger partial charge in [-0.3, -0.25) is 4.79 Å². The summed E-state index contributed by atoms with van der Waals surface area (Å²) in [6, 6.07) is 5.62. The fraction of sp³-hybridized carbons (Fsp3) is 0.684. The average molecular weight is 573 g/mol. The topological polar surface area (TPSA) is 74.6 Å². The third kappa shape index (κ3) is 3.65. The highest BCUT2D eigenvalue weighted by molar-refractivity contribution is 5.89. The van der Waals surface area contributed by atoms with Gasteiger partial charge in [-0.05, 0) is 152 Å². The van der Waals surface area contributed by atoms with Crippen molar-refractivity contribution in [2.75, 3.05) is 0 Å². The third-order valence-electron chi connectivity index (χ3n) is 14.8. The Kier molecular flexibility index (Phi) is 6.59. The normalized spacial score (nSPS) is 43.7. The summed E-state index contributed by atoms with van der Waals surface area (Å²) in [6.45, 7) is 21.2. The summed E-state index contributed by atoms with van der Waals surface area (Å²) in [5.41, 5.74) is 5.03. The Morgan fingerprint density at radius 3 is 2.21 bits per heavy atom. The number of fused-ring (bicyclic) bond motifs is 7. The predicted octanol–water partition coefficient (Wildman–Crippen LogP) is 9.43. The minimum atomic E-state index is -0.875. The van der Waals surface area contributed by atoms with Crippen molar-refractivity contribution in [1.82, 2.24) is 0 Å². The molecule has 0 unspecified atom stereocenters. The molecule has 0 radical (unpaired) electrons. The lowest BCUT2D eigenvalue weighted by atomic mass is 9.32. The molecule has 0 amide bonds. The highest BCUT2D eigenvalue weighted by Crippen LogP contribution is 2.77. The van der Waals surface area contributed by atoms with E-state index in [0.717, 1.165) is 44.1 Å². The summed E-state index contributed by atoms with van der Waals surface area (Å²) < 4.78 is 0. The van der Waals surface area contributed by atoms with Gasteiger partial charge in [0, 0.05) is 0 Å². The maximum absolute atomic E-state index is 12.9. The Morgan fingerprint density at radius 2 is 1.60 bits per heavy atom. The number of aryl methyl sites for hydroxylation is 1. The molecule has 9 atom stereocenters. The Labute approximate surface area is 253 Å². The smallest absolute Gasteiger partial charge is 0.335 e. The van der Waals surface area contributed by atoms with Crippen LogP contribution in [0.1, 0.15) is 121 Å². The number of hydrogen-bond acceptors (Lipinski definition) is 2. The molecule has 42 heavy (non-hydrogen) atoms. The summed E-state index contributed by atoms with van der Waals surface area (Å²) in [6.07, 6.45) is 11.9. The summed E-state index contributed by atoms with van der Waals surface area (Å²) in [5, 5.41) is 20.2. The molecular weight excluding hydrogens is 520 g/mol. The molecular formula is C38H52O4. The molecule has 6 rings (SSSR count). The van der Waals surface area contributed by atoms with E-state index in [9.17, 15) is 19.8 Å². The van der Waals surface area contributed by atoms with E-state index in [0.29, 0.717) is 29.2 Å². The number of hydrogen-bond donors (Lipinski definition) is 2. The van der Waals surface area contributed by atoms with Crippen LogP contribution in [0.5, 0.6) is 0 Å². The van der Waals surface area contributed by atoms with Crippen LogP contribution in [-0.2, 0) is 4.79 Å². The van der Waals surface area contributed by atoms with Gasteiger partial charge < -0.3 is 10.2 Å². The lowest BCUT2D eigenvalue weighted by Gasteiger charge is -2.72. The van der Waals surface area contributed by atoms with Crippen LogP contribution in [0.3, 0.4) is 0 Å². The van der Waals surface area contributed by atoms with Crippen molar-refractivity contribution in [2.24, 2.45) is 56.7 Å². The van der Waals surface area contributed by atoms with E-state index in [-0.39, 0.29) is 27.6 Å². The minimum absolute atomic E-state index is 0.0247. The molecule has 0 aromatic heterocycles. The van der Waals surface area contributed by atoms with Gasteiger partial charge in [-0.2, -0.15) is 0 Å². The van der Waals surface area contributed by atoms with Crippen LogP contribution < -0.4 is 0 Å². The maximum atomic E-state index is 12.9. The number of allylic oxidation sites excluding steroid dienone is 3. The van der Waals surface area contributed by atoms with Crippen molar-refractivity contribution in [1.29, 1.82) is 0 Å². The van der Waals surface area contributed by atoms with Gasteiger partial charge in [0.2, 0.25) is 0 Å². The van der Waals surface area contributed by atoms with Crippen molar-refractivity contribution in [3.05, 3.63) is 53.1 Å². The van der Waals surface area contributed by atoms with E-state index >= 15 is 0 Å². The highest BCUT2D eigenvalue weighted by Gasteiger charge is 2.71. The lowest BCUT2D eigenvalue weighted by molar-refractivity contribution is -0.227. The Morgan fingerprint density at radius 1 is 0.881 bits per heavy atom. The van der Waals surface area contributed by atoms with Gasteiger partial charge in [-0.15, -0.1) is 0 Å². The van der Waals surface area contributed by atoms with Gasteiger partial charge in [0.25, 0.3) is 0 Å². The number of carboxylic acids is 2. The van der Waals surface area contributed by atoms with E-state index in [1.807, 2.05) is 19.1 Å². The van der Waals surface area contributed by atoms with E-state index in [2.05, 4.69) is 54.2 Å². The quantitative estimate of drug-likeness (QED) is 0.352. The number of carboxylic acid groups (broad SMARTS) is 2. The Hall–Kier alpha value is -2.36. The average Bonchev–Trinajstić information content (AvgIpc) is 3.31. The van der Waals surface area contributed by atoms with Crippen LogP contribution in [0.25, 0.3) is 5.57 Å². The first-order valence-corrected chi connectivity index (χ1v) is 16.5. The van der Waals surface area contributed by atoms with Crippen molar-refractivity contribution < 1.29 is 19.8 Å². The van der Waals surface area contributed by atoms with Crippen LogP contribution in [0.2, 0.25) is 0 Å². The third-order valence-corrected chi connectivity index (χ3v) is 14.8. The van der Waals surface area contributed by atoms with E-state index in [1.54, 1.807) is 6.07 Å². The second-order valence-electron chi connectivity index (χ2n) is 16.5. The molecule has 228 valence electrons. The zero-order valence-electron chi connectivity index (χ0n) is 27.0. The molecule has 0 spiro atoms. The van der Waals surface area contributed by atoms with Gasteiger partial charge in [-0.25, -0.2) is 4.79 Å². The zero-order chi connectivity index (χ0) is 30.6. The zero-order valence-corrected chi connectivity index (χ0v) is 27.0. The highest BCUT2D eigenvalue weighted by atomic mass is 16.4. The monoisotopic (exact) mass is 572 g/mol. The van der Waals surface area contributed by atoms with Crippen molar-refractivity contribution in [3.63, 3.8) is 0 Å². The van der Waals surface area contributed by atoms with Crippen LogP contribution >= 0.6 is 0 Å². The molecule has 0 heterocycles. The molecule has 0 aliphatic heterocycles. The second kappa shape index (κ2) is 9.32. The van der Waals surface area contributed by atoms with E-state index in [1.165, 1.54) is 36.0 Å². The molecule has 5 aliphatic carbocycles. The largest absolute Gasteiger partial charge is 0.481 e. The van der Waals surface area contributed by atoms with Gasteiger partial charge in [0.15, 0.2) is 0 Å². The van der Waals surface area contributed by atoms with Crippen molar-refractivity contribution in [2.45, 2.75) is 106 Å². The standard InChI is InChI=1S/C38H52O4/c1-22(2)25-13-18-38(33(41)42)20-19-36(7)28(31(25)38)11-12-30-35(6)16-14-27(26-10-9-24(32(39)40)21-23(26)3)34(4,5)29(35)15-17-37(30,36)8/h9-10,14,21,25,28-31H,1,11-13,15-20H2,2-8H3,(H,39,40)(H,41,42)/t25-,28+,29-,30+,31+,35-,36+,37+,38-/m0/s1. The molecule has 1 aromatic carbocycles. The first-order valence-electron chi connectivity index (χ1n) is 16.5. The summed E-state index contributed by atoms with van der Waals surface area (Å²) in [7, 11) is 0. The predicted molar refractivity (Wildman–Crippen MR) is 168 cm³/mol. The van der Waals surface area contributed by atoms with Crippen LogP contribution in [-0.4, -0.2) is 22.2 Å². The summed E-state index contributed by atoms with van der Waals surface area (Å²) >= 11 is 0. The van der Waals surface area contributed by atoms with Crippen LogP contribution in [0.4, 0.5) is 0 Å². The first-order chi connectivity index (χ1) is 19.5. The van der Waals surface area contributed by atoms with E-state index < -0.39 is 17.4 Å². The molecule has 2 N–H and O–H groups in total. The number of aliphatic carboxylic acids is 1. The minimum Gasteiger partial charge on any atom is -0.481 e. The molecule has 4 heteroatoms. The number of benzene rings is 1. The summed E-state index contributed by atoms with van der Waals surface area (Å²) in [4.78, 5) is 24.5. The van der Waals surface area contributed by atoms with E-state index in [4.69, 9.17) is 0 Å². The molecule has 5 aliphatic rings. The number of aromatic carboxylic acids is 1. The molecule has 4 saturated carbocycles. The second-order valence-corrected chi connectivity index (χ2v) is 16.5. The lowest BCUT2D eigenvalue weighted by Crippen LogP contribution is -2.65. The summed E-state index contributed by atoms with van der Waals surface area (Å²) in [5.74, 6) is 0.678. The fourth-order valence-corrected chi connectivity index (χ4v) is 12.7. The Balaban J connectivity index is 1.38. The van der Waals surface area contributed by atoms with Crippen LogP contribution in [0, 0.1) is 63.6 Å². The van der Waals surface area contributed by atoms with Gasteiger partial charge in [-0.1, -0.05) is 58.9 Å². The van der Waals surface area contributed by atoms with Gasteiger partial charge in [0.1, 0.15) is 0 Å². The Bertz CT molecular complexity index is 1390. The fourth-order valence-electron chi connectivity index (χ4n) is 12.7.